The summed E-state index contributed by atoms with van der Waals surface area (Å²) >= 11 is 0. The number of nitrogens with one attached hydrogen (secondary N) is 1. The molecular formula is C6H11N3O. The smallest absolute Gasteiger partial charge is 0.326 e. The van der Waals surface area contributed by atoms with Crippen molar-refractivity contribution in [3.8, 4) is 0 Å². The lowest BCUT2D eigenvalue weighted by Crippen LogP contribution is -2.13. The molecule has 4 heteroatoms. The van der Waals surface area contributed by atoms with Gasteiger partial charge in [0.05, 0.1) is 0 Å². The summed E-state index contributed by atoms with van der Waals surface area (Å²) in [7, 11) is 5.47. The van der Waals surface area contributed by atoms with Crippen LogP contribution in [0.5, 0.6) is 0 Å². The number of hydrogen-bond donors (Lipinski definition) is 1. The number of anilines is 1. The van der Waals surface area contributed by atoms with Gasteiger partial charge >= 0.3 is 5.69 Å². The van der Waals surface area contributed by atoms with Gasteiger partial charge in [-0.15, -0.1) is 0 Å². The quantitative estimate of drug-likeness (QED) is 0.587. The lowest BCUT2D eigenvalue weighted by Gasteiger charge is -2.06. The zero-order valence-corrected chi connectivity index (χ0v) is 6.38. The number of nitrogens with zero attached hydrogens (tertiary/aromatic N) is 2. The highest BCUT2D eigenvalue weighted by Crippen LogP contribution is 2.00. The normalized spacial score (nSPS) is 9.90. The molecule has 0 atom stereocenters. The van der Waals surface area contributed by atoms with Crippen LogP contribution in [0.2, 0.25) is 0 Å². The van der Waals surface area contributed by atoms with Crippen molar-refractivity contribution >= 4 is 5.82 Å². The Morgan fingerprint density at radius 3 is 2.40 bits per heavy atom. The number of hydrogen-bond acceptors (Lipinski definition) is 2. The van der Waals surface area contributed by atoms with Gasteiger partial charge in [-0.1, -0.05) is 0 Å². The largest absolute Gasteiger partial charge is 0.363 e. The monoisotopic (exact) mass is 141 g/mol. The summed E-state index contributed by atoms with van der Waals surface area (Å²) in [6.07, 6.45) is 1.75. The zero-order valence-electron chi connectivity index (χ0n) is 6.38. The van der Waals surface area contributed by atoms with E-state index in [4.69, 9.17) is 0 Å². The third-order valence-corrected chi connectivity index (χ3v) is 1.35. The Kier molecular flexibility index (Phi) is 1.53. The van der Waals surface area contributed by atoms with Gasteiger partial charge < -0.3 is 9.47 Å². The minimum absolute atomic E-state index is 0.0799. The number of rotatable bonds is 1. The number of imidazole rings is 1. The summed E-state index contributed by atoms with van der Waals surface area (Å²) in [4.78, 5) is 15.4. The molecule has 1 heterocycles. The van der Waals surface area contributed by atoms with Gasteiger partial charge in [0, 0.05) is 27.3 Å². The molecule has 0 radical (unpaired) electrons. The van der Waals surface area contributed by atoms with E-state index in [1.165, 1.54) is 4.57 Å². The molecule has 0 unspecified atom stereocenters. The van der Waals surface area contributed by atoms with Gasteiger partial charge in [-0.2, -0.15) is 0 Å². The zero-order chi connectivity index (χ0) is 7.72. The van der Waals surface area contributed by atoms with Crippen LogP contribution in [0, 0.1) is 0 Å². The summed E-state index contributed by atoms with van der Waals surface area (Å²) in [5.74, 6) is 0.826. The van der Waals surface area contributed by atoms with Gasteiger partial charge in [0.25, 0.3) is 0 Å². The van der Waals surface area contributed by atoms with E-state index in [2.05, 4.69) is 4.98 Å². The minimum atomic E-state index is -0.0799. The molecule has 0 spiro atoms. The maximum atomic E-state index is 10.8. The van der Waals surface area contributed by atoms with Crippen molar-refractivity contribution in [1.29, 1.82) is 0 Å². The minimum Gasteiger partial charge on any atom is -0.363 e. The molecule has 1 aromatic rings. The second-order valence-electron chi connectivity index (χ2n) is 2.45. The molecule has 0 aliphatic heterocycles. The van der Waals surface area contributed by atoms with Gasteiger partial charge in [0.2, 0.25) is 0 Å². The fourth-order valence-corrected chi connectivity index (χ4v) is 0.699. The Morgan fingerprint density at radius 2 is 2.20 bits per heavy atom. The van der Waals surface area contributed by atoms with E-state index in [0.717, 1.165) is 5.82 Å². The molecule has 0 saturated carbocycles. The number of aromatic amines is 1. The number of aryl methyl sites for hydroxylation is 1. The standard InChI is InChI=1S/C6H11N3O/c1-8(2)5-4-9(3)6(10)7-5/h4H,1-3H3,(H,7,10). The molecule has 0 aliphatic rings. The highest BCUT2D eigenvalue weighted by atomic mass is 16.1. The van der Waals surface area contributed by atoms with Crippen molar-refractivity contribution in [2.45, 2.75) is 0 Å². The first-order valence-corrected chi connectivity index (χ1v) is 3.04. The molecule has 0 amide bonds. The first-order valence-electron chi connectivity index (χ1n) is 3.04. The third kappa shape index (κ3) is 1.05. The van der Waals surface area contributed by atoms with Crippen molar-refractivity contribution < 1.29 is 0 Å². The third-order valence-electron chi connectivity index (χ3n) is 1.35. The average Bonchev–Trinajstić information content (AvgIpc) is 2.13. The van der Waals surface area contributed by atoms with Crippen molar-refractivity contribution in [1.82, 2.24) is 9.55 Å². The summed E-state index contributed by atoms with van der Waals surface area (Å²) in [6, 6.07) is 0. The van der Waals surface area contributed by atoms with Crippen molar-refractivity contribution in [2.75, 3.05) is 19.0 Å². The first-order chi connectivity index (χ1) is 4.61. The molecule has 0 saturated heterocycles. The topological polar surface area (TPSA) is 41.0 Å². The van der Waals surface area contributed by atoms with Crippen molar-refractivity contribution in [3.05, 3.63) is 16.7 Å². The van der Waals surface area contributed by atoms with Crippen molar-refractivity contribution in [2.24, 2.45) is 7.05 Å². The van der Waals surface area contributed by atoms with Gasteiger partial charge in [-0.05, 0) is 0 Å². The van der Waals surface area contributed by atoms with E-state index < -0.39 is 0 Å². The fraction of sp³-hybridized carbons (Fsp3) is 0.500. The molecule has 0 aliphatic carbocycles. The molecule has 4 nitrogen and oxygen atoms in total. The van der Waals surface area contributed by atoms with Gasteiger partial charge in [0.15, 0.2) is 0 Å². The van der Waals surface area contributed by atoms with E-state index in [9.17, 15) is 4.79 Å². The van der Waals surface area contributed by atoms with Crippen LogP contribution in [-0.4, -0.2) is 23.6 Å². The molecule has 56 valence electrons. The number of aromatic nitrogens is 2. The molecule has 0 bridgehead atoms. The van der Waals surface area contributed by atoms with Crippen LogP contribution in [0.4, 0.5) is 5.82 Å². The average molecular weight is 141 g/mol. The van der Waals surface area contributed by atoms with Crippen LogP contribution in [-0.2, 0) is 7.05 Å². The summed E-state index contributed by atoms with van der Waals surface area (Å²) < 4.78 is 1.51. The Hall–Kier alpha value is -1.19. The predicted molar refractivity (Wildman–Crippen MR) is 40.4 cm³/mol. The Labute approximate surface area is 59.1 Å². The molecule has 1 rings (SSSR count). The highest BCUT2D eigenvalue weighted by Gasteiger charge is 1.98. The Balaban J connectivity index is 3.10. The second kappa shape index (κ2) is 2.21. The molecular weight excluding hydrogens is 130 g/mol. The van der Waals surface area contributed by atoms with Crippen LogP contribution in [0.25, 0.3) is 0 Å². The maximum absolute atomic E-state index is 10.8. The van der Waals surface area contributed by atoms with E-state index in [1.807, 2.05) is 19.0 Å². The molecule has 0 fully saturated rings. The van der Waals surface area contributed by atoms with Crippen LogP contribution >= 0.6 is 0 Å². The van der Waals surface area contributed by atoms with E-state index in [0.29, 0.717) is 0 Å². The SMILES string of the molecule is CN(C)c1cn(C)c(=O)[nH]1. The van der Waals surface area contributed by atoms with Crippen LogP contribution in [0.15, 0.2) is 11.0 Å². The van der Waals surface area contributed by atoms with Crippen LogP contribution < -0.4 is 10.6 Å². The number of H-pyrrole nitrogens is 1. The molecule has 1 aromatic heterocycles. The molecule has 0 aromatic carbocycles. The summed E-state index contributed by atoms with van der Waals surface area (Å²) in [6.45, 7) is 0. The second-order valence-corrected chi connectivity index (χ2v) is 2.45. The van der Waals surface area contributed by atoms with Crippen molar-refractivity contribution in [3.63, 3.8) is 0 Å². The molecule has 1 N–H and O–H groups in total. The Morgan fingerprint density at radius 1 is 1.60 bits per heavy atom. The first kappa shape index (κ1) is 6.92. The van der Waals surface area contributed by atoms with E-state index in [1.54, 1.807) is 13.2 Å². The van der Waals surface area contributed by atoms with E-state index >= 15 is 0 Å². The maximum Gasteiger partial charge on any atom is 0.326 e. The summed E-state index contributed by atoms with van der Waals surface area (Å²) in [5, 5.41) is 0. The van der Waals surface area contributed by atoms with Gasteiger partial charge in [0.1, 0.15) is 5.82 Å². The van der Waals surface area contributed by atoms with E-state index in [-0.39, 0.29) is 5.69 Å². The molecule has 10 heavy (non-hydrogen) atoms. The fourth-order valence-electron chi connectivity index (χ4n) is 0.699. The predicted octanol–water partition coefficient (Wildman–Crippen LogP) is -0.221. The van der Waals surface area contributed by atoms with Crippen LogP contribution in [0.1, 0.15) is 0 Å². The summed E-state index contributed by atoms with van der Waals surface area (Å²) in [5.41, 5.74) is -0.0799. The van der Waals surface area contributed by atoms with Gasteiger partial charge in [-0.3, -0.25) is 4.98 Å². The lowest BCUT2D eigenvalue weighted by atomic mass is 10.7. The highest BCUT2D eigenvalue weighted by molar-refractivity contribution is 5.32. The Bertz CT molecular complexity index is 271. The van der Waals surface area contributed by atoms with Crippen LogP contribution in [0.3, 0.4) is 0 Å². The van der Waals surface area contributed by atoms with Gasteiger partial charge in [-0.25, -0.2) is 4.79 Å². The lowest BCUT2D eigenvalue weighted by molar-refractivity contribution is 0.862.